The Labute approximate surface area is 232 Å². The van der Waals surface area contributed by atoms with E-state index in [0.717, 1.165) is 43.6 Å². The van der Waals surface area contributed by atoms with E-state index in [-0.39, 0.29) is 29.4 Å². The molecule has 0 bridgehead atoms. The van der Waals surface area contributed by atoms with Gasteiger partial charge in [-0.05, 0) is 43.0 Å². The molecule has 0 saturated carbocycles. The maximum atomic E-state index is 13.1. The smallest absolute Gasteiger partial charge is 0.407 e. The molecule has 2 amide bonds. The Morgan fingerprint density at radius 2 is 1.74 bits per heavy atom. The number of piperidine rings is 1. The van der Waals surface area contributed by atoms with Crippen LogP contribution in [0.15, 0.2) is 59.5 Å². The first-order valence-electron chi connectivity index (χ1n) is 13.5. The van der Waals surface area contributed by atoms with Crippen LogP contribution in [0.1, 0.15) is 43.4 Å². The van der Waals surface area contributed by atoms with Gasteiger partial charge < -0.3 is 24.6 Å². The van der Waals surface area contributed by atoms with Crippen LogP contribution in [0.25, 0.3) is 0 Å². The third-order valence-electron chi connectivity index (χ3n) is 7.07. The Hall–Kier alpha value is -2.95. The summed E-state index contributed by atoms with van der Waals surface area (Å²) in [5.41, 5.74) is 1.77. The molecule has 2 aromatic rings. The van der Waals surface area contributed by atoms with Gasteiger partial charge in [0.05, 0.1) is 17.9 Å². The lowest BCUT2D eigenvalue weighted by Gasteiger charge is -2.38. The largest absolute Gasteiger partial charge is 0.441 e. The highest BCUT2D eigenvalue weighted by Gasteiger charge is 2.28. The summed E-state index contributed by atoms with van der Waals surface area (Å²) in [6, 6.07) is 16.5. The molecule has 1 heterocycles. The number of carbonyl (C=O) groups excluding carboxylic acids is 2. The first-order valence-corrected chi connectivity index (χ1v) is 15.4. The number of rotatable bonds is 13. The topological polar surface area (TPSA) is 105 Å². The van der Waals surface area contributed by atoms with E-state index in [4.69, 9.17) is 9.47 Å². The zero-order valence-electron chi connectivity index (χ0n) is 23.2. The average molecular weight is 560 g/mol. The molecule has 1 unspecified atom stereocenters. The molecule has 1 saturated heterocycles. The summed E-state index contributed by atoms with van der Waals surface area (Å²) >= 11 is 0. The molecule has 1 N–H and O–H groups in total. The van der Waals surface area contributed by atoms with E-state index in [9.17, 15) is 18.0 Å². The van der Waals surface area contributed by atoms with Crippen molar-refractivity contribution < 1.29 is 27.5 Å². The monoisotopic (exact) mass is 559 g/mol. The molecule has 3 rings (SSSR count). The third kappa shape index (κ3) is 9.63. The first kappa shape index (κ1) is 30.6. The fourth-order valence-corrected chi connectivity index (χ4v) is 5.54. The van der Waals surface area contributed by atoms with E-state index in [1.165, 1.54) is 6.26 Å². The van der Waals surface area contributed by atoms with Crippen LogP contribution in [0.5, 0.6) is 0 Å². The predicted molar refractivity (Wildman–Crippen MR) is 150 cm³/mol. The van der Waals surface area contributed by atoms with Crippen LogP contribution in [-0.4, -0.2) is 89.0 Å². The predicted octanol–water partition coefficient (Wildman–Crippen LogP) is 3.45. The van der Waals surface area contributed by atoms with Gasteiger partial charge in [0.1, 0.15) is 6.10 Å². The molecule has 1 aliphatic heterocycles. The highest BCUT2D eigenvalue weighted by Crippen LogP contribution is 2.24. The fourth-order valence-electron chi connectivity index (χ4n) is 4.91. The lowest BCUT2D eigenvalue weighted by Crippen LogP contribution is -2.48. The van der Waals surface area contributed by atoms with Crippen LogP contribution < -0.4 is 5.32 Å². The minimum Gasteiger partial charge on any atom is -0.441 e. The number of likely N-dealkylation sites (N-methyl/N-ethyl adjacent to an activating group) is 1. The van der Waals surface area contributed by atoms with Gasteiger partial charge in [0, 0.05) is 58.6 Å². The van der Waals surface area contributed by atoms with E-state index in [2.05, 4.69) is 10.2 Å². The van der Waals surface area contributed by atoms with E-state index in [1.807, 2.05) is 42.2 Å². The summed E-state index contributed by atoms with van der Waals surface area (Å²) in [4.78, 5) is 30.0. The highest BCUT2D eigenvalue weighted by molar-refractivity contribution is 7.90. The van der Waals surface area contributed by atoms with Gasteiger partial charge in [-0.3, -0.25) is 4.79 Å². The van der Waals surface area contributed by atoms with Gasteiger partial charge >= 0.3 is 6.09 Å². The molecule has 1 fully saturated rings. The van der Waals surface area contributed by atoms with Crippen molar-refractivity contribution in [3.8, 4) is 0 Å². The SMILES string of the molecule is CCN(C(=O)Cc1ccc(S(C)(=O)=O)cc1)C1CCN(CCC(OC(=O)NCCOC)c2ccccc2)CC1. The summed E-state index contributed by atoms with van der Waals surface area (Å²) < 4.78 is 34.1. The Balaban J connectivity index is 1.51. The Morgan fingerprint density at radius 3 is 2.33 bits per heavy atom. The molecule has 0 aliphatic carbocycles. The van der Waals surface area contributed by atoms with Gasteiger partial charge in [0.15, 0.2) is 9.84 Å². The number of methoxy groups -OCH3 is 1. The molecule has 0 aromatic heterocycles. The Morgan fingerprint density at radius 1 is 1.08 bits per heavy atom. The summed E-state index contributed by atoms with van der Waals surface area (Å²) in [6.07, 6.45) is 3.04. The number of benzene rings is 2. The molecular weight excluding hydrogens is 518 g/mol. The number of hydrogen-bond donors (Lipinski definition) is 1. The number of alkyl carbamates (subject to hydrolysis) is 1. The molecule has 9 nitrogen and oxygen atoms in total. The number of likely N-dealkylation sites (tertiary alicyclic amines) is 1. The molecule has 10 heteroatoms. The molecule has 214 valence electrons. The first-order chi connectivity index (χ1) is 18.7. The summed E-state index contributed by atoms with van der Waals surface area (Å²) in [5, 5.41) is 2.72. The van der Waals surface area contributed by atoms with Gasteiger partial charge in [0.25, 0.3) is 0 Å². The van der Waals surface area contributed by atoms with Crippen LogP contribution in [-0.2, 0) is 30.5 Å². The summed E-state index contributed by atoms with van der Waals surface area (Å²) in [7, 11) is -1.68. The van der Waals surface area contributed by atoms with Crippen molar-refractivity contribution in [1.82, 2.24) is 15.1 Å². The number of nitrogens with one attached hydrogen (secondary N) is 1. The van der Waals surface area contributed by atoms with Gasteiger partial charge in [-0.15, -0.1) is 0 Å². The standard InChI is InChI=1S/C29H41N3O6S/c1-4-32(28(33)22-23-10-12-26(13-11-23)39(3,35)36)25-14-18-31(19-15-25)20-16-27(24-8-6-5-7-9-24)38-29(34)30-17-21-37-2/h5-13,25,27H,4,14-22H2,1-3H3,(H,30,34). The second kappa shape index (κ2) is 15.0. The molecule has 1 aliphatic rings. The van der Waals surface area contributed by atoms with E-state index >= 15 is 0 Å². The lowest BCUT2D eigenvalue weighted by molar-refractivity contribution is -0.133. The van der Waals surface area contributed by atoms with Crippen molar-refractivity contribution in [3.63, 3.8) is 0 Å². The number of ether oxygens (including phenoxy) is 2. The van der Waals surface area contributed by atoms with Gasteiger partial charge in [0.2, 0.25) is 5.91 Å². The molecule has 2 aromatic carbocycles. The second-order valence-corrected chi connectivity index (χ2v) is 11.9. The van der Waals surface area contributed by atoms with Gasteiger partial charge in [-0.1, -0.05) is 42.5 Å². The van der Waals surface area contributed by atoms with E-state index < -0.39 is 15.9 Å². The Bertz CT molecular complexity index is 1150. The molecule has 0 spiro atoms. The van der Waals surface area contributed by atoms with Crippen molar-refractivity contribution in [2.75, 3.05) is 52.7 Å². The normalized spacial score (nSPS) is 15.5. The maximum Gasteiger partial charge on any atom is 0.407 e. The lowest BCUT2D eigenvalue weighted by atomic mass is 10.0. The van der Waals surface area contributed by atoms with Gasteiger partial charge in [-0.2, -0.15) is 0 Å². The maximum absolute atomic E-state index is 13.1. The Kier molecular flexibility index (Phi) is 11.8. The zero-order chi connectivity index (χ0) is 28.3. The van der Waals surface area contributed by atoms with Crippen molar-refractivity contribution in [1.29, 1.82) is 0 Å². The number of amides is 2. The number of hydrogen-bond acceptors (Lipinski definition) is 7. The van der Waals surface area contributed by atoms with Crippen LogP contribution in [0, 0.1) is 0 Å². The van der Waals surface area contributed by atoms with Crippen molar-refractivity contribution in [3.05, 3.63) is 65.7 Å². The minimum atomic E-state index is -3.26. The van der Waals surface area contributed by atoms with Crippen molar-refractivity contribution in [2.45, 2.75) is 49.6 Å². The molecule has 0 radical (unpaired) electrons. The summed E-state index contributed by atoms with van der Waals surface area (Å²) in [5.74, 6) is 0.0556. The van der Waals surface area contributed by atoms with Crippen LogP contribution in [0.2, 0.25) is 0 Å². The number of sulfone groups is 1. The van der Waals surface area contributed by atoms with E-state index in [1.54, 1.807) is 31.4 Å². The van der Waals surface area contributed by atoms with Crippen LogP contribution >= 0.6 is 0 Å². The highest BCUT2D eigenvalue weighted by atomic mass is 32.2. The molecular formula is C29H41N3O6S. The second-order valence-electron chi connectivity index (χ2n) is 9.86. The van der Waals surface area contributed by atoms with E-state index in [0.29, 0.717) is 26.1 Å². The molecule has 39 heavy (non-hydrogen) atoms. The van der Waals surface area contributed by atoms with Crippen molar-refractivity contribution >= 4 is 21.8 Å². The van der Waals surface area contributed by atoms with Gasteiger partial charge in [-0.25, -0.2) is 13.2 Å². The number of carbonyl (C=O) groups is 2. The third-order valence-corrected chi connectivity index (χ3v) is 8.20. The summed E-state index contributed by atoms with van der Waals surface area (Å²) in [6.45, 7) is 5.95. The minimum absolute atomic E-state index is 0.0556. The zero-order valence-corrected chi connectivity index (χ0v) is 24.0. The average Bonchev–Trinajstić information content (AvgIpc) is 2.92. The fraction of sp³-hybridized carbons (Fsp3) is 0.517. The van der Waals surface area contributed by atoms with Crippen LogP contribution in [0.4, 0.5) is 4.79 Å². The van der Waals surface area contributed by atoms with Crippen LogP contribution in [0.3, 0.4) is 0 Å². The quantitative estimate of drug-likeness (QED) is 0.375. The number of nitrogens with zero attached hydrogens (tertiary/aromatic N) is 2. The molecule has 1 atom stereocenters. The van der Waals surface area contributed by atoms with Crippen molar-refractivity contribution in [2.24, 2.45) is 0 Å².